The topological polar surface area (TPSA) is 90.3 Å². The molecule has 0 aromatic carbocycles. The third-order valence-corrected chi connectivity index (χ3v) is 5.27. The van der Waals surface area contributed by atoms with Gasteiger partial charge in [-0.2, -0.15) is 0 Å². The van der Waals surface area contributed by atoms with Crippen LogP contribution in [0.1, 0.15) is 45.4 Å². The Hall–Kier alpha value is -1.40. The second-order valence-corrected chi connectivity index (χ2v) is 7.12. The smallest absolute Gasteiger partial charge is 0.131 e. The summed E-state index contributed by atoms with van der Waals surface area (Å²) in [5.74, 6) is 2.33. The highest BCUT2D eigenvalue weighted by molar-refractivity contribution is 5.47. The summed E-state index contributed by atoms with van der Waals surface area (Å²) < 4.78 is 0. The molecule has 1 aromatic rings. The number of aromatic nitrogens is 2. The molecule has 2 aliphatic carbocycles. The molecule has 0 aliphatic heterocycles. The average molecular weight is 320 g/mol. The van der Waals surface area contributed by atoms with E-state index in [0.29, 0.717) is 5.82 Å². The molecular formula is C17H28N4O2. The SMILES string of the molecule is C[C@@H]1C[C@@H](Nc2cc(NCC3CCCCC3)ncn2)[C@H](O)[C@@H]1O. The second kappa shape index (κ2) is 7.45. The lowest BCUT2D eigenvalue weighted by Gasteiger charge is -2.22. The fourth-order valence-corrected chi connectivity index (χ4v) is 3.76. The predicted octanol–water partition coefficient (Wildman–Crippen LogP) is 2.01. The highest BCUT2D eigenvalue weighted by Gasteiger charge is 2.39. The highest BCUT2D eigenvalue weighted by Crippen LogP contribution is 2.28. The summed E-state index contributed by atoms with van der Waals surface area (Å²) in [6, 6.07) is 1.71. The Labute approximate surface area is 137 Å². The molecule has 0 saturated heterocycles. The molecular weight excluding hydrogens is 292 g/mol. The fraction of sp³-hybridized carbons (Fsp3) is 0.765. The van der Waals surface area contributed by atoms with Crippen LogP contribution in [0.5, 0.6) is 0 Å². The first-order valence-electron chi connectivity index (χ1n) is 8.82. The van der Waals surface area contributed by atoms with Gasteiger partial charge in [0.05, 0.1) is 12.1 Å². The number of nitrogens with one attached hydrogen (secondary N) is 2. The highest BCUT2D eigenvalue weighted by atomic mass is 16.3. The normalized spacial score (nSPS) is 32.0. The first-order chi connectivity index (χ1) is 11.1. The standard InChI is InChI=1S/C17H28N4O2/c1-11-7-13(17(23)16(11)22)21-15-8-14(19-10-20-15)18-9-12-5-3-2-4-6-12/h8,10-13,16-17,22-23H,2-7,9H2,1H3,(H2,18,19,20,21)/t11-,13-,16-,17+/m1/s1. The molecule has 4 N–H and O–H groups in total. The molecule has 1 heterocycles. The molecule has 1 aromatic heterocycles. The minimum atomic E-state index is -0.751. The maximum absolute atomic E-state index is 10.1. The van der Waals surface area contributed by atoms with E-state index in [1.54, 1.807) is 0 Å². The van der Waals surface area contributed by atoms with Gasteiger partial charge >= 0.3 is 0 Å². The van der Waals surface area contributed by atoms with Crippen LogP contribution in [0.3, 0.4) is 0 Å². The number of hydrogen-bond donors (Lipinski definition) is 4. The quantitative estimate of drug-likeness (QED) is 0.663. The molecule has 3 rings (SSSR count). The van der Waals surface area contributed by atoms with Crippen LogP contribution in [0.2, 0.25) is 0 Å². The molecule has 6 heteroatoms. The van der Waals surface area contributed by atoms with Gasteiger partial charge in [-0.15, -0.1) is 0 Å². The minimum absolute atomic E-state index is 0.0910. The van der Waals surface area contributed by atoms with E-state index < -0.39 is 12.2 Å². The predicted molar refractivity (Wildman–Crippen MR) is 90.3 cm³/mol. The zero-order valence-corrected chi connectivity index (χ0v) is 13.8. The summed E-state index contributed by atoms with van der Waals surface area (Å²) in [6.45, 7) is 2.91. The van der Waals surface area contributed by atoms with Crippen LogP contribution in [-0.4, -0.2) is 45.0 Å². The maximum Gasteiger partial charge on any atom is 0.131 e. The van der Waals surface area contributed by atoms with Crippen molar-refractivity contribution in [2.75, 3.05) is 17.2 Å². The van der Waals surface area contributed by atoms with Gasteiger partial charge in [-0.05, 0) is 31.1 Å². The molecule has 4 atom stereocenters. The van der Waals surface area contributed by atoms with Crippen LogP contribution in [0.25, 0.3) is 0 Å². The van der Waals surface area contributed by atoms with E-state index in [1.807, 2.05) is 13.0 Å². The fourth-order valence-electron chi connectivity index (χ4n) is 3.76. The Bertz CT molecular complexity index is 507. The molecule has 2 fully saturated rings. The largest absolute Gasteiger partial charge is 0.390 e. The van der Waals surface area contributed by atoms with Crippen molar-refractivity contribution in [1.82, 2.24) is 9.97 Å². The van der Waals surface area contributed by atoms with Crippen molar-refractivity contribution >= 4 is 11.6 Å². The van der Waals surface area contributed by atoms with E-state index in [1.165, 1.54) is 38.4 Å². The summed E-state index contributed by atoms with van der Waals surface area (Å²) in [5, 5.41) is 26.6. The van der Waals surface area contributed by atoms with Gasteiger partial charge in [0.2, 0.25) is 0 Å². The molecule has 23 heavy (non-hydrogen) atoms. The van der Waals surface area contributed by atoms with Gasteiger partial charge in [-0.3, -0.25) is 0 Å². The molecule has 0 unspecified atom stereocenters. The van der Waals surface area contributed by atoms with Gasteiger partial charge in [-0.25, -0.2) is 9.97 Å². The van der Waals surface area contributed by atoms with Crippen molar-refractivity contribution in [1.29, 1.82) is 0 Å². The number of rotatable bonds is 5. The Morgan fingerprint density at radius 3 is 2.52 bits per heavy atom. The van der Waals surface area contributed by atoms with Crippen LogP contribution in [0.4, 0.5) is 11.6 Å². The molecule has 0 radical (unpaired) electrons. The Morgan fingerprint density at radius 2 is 1.83 bits per heavy atom. The summed E-state index contributed by atoms with van der Waals surface area (Å²) in [4.78, 5) is 8.50. The van der Waals surface area contributed by atoms with Gasteiger partial charge in [0, 0.05) is 12.6 Å². The molecule has 2 aliphatic rings. The number of aliphatic hydroxyl groups excluding tert-OH is 2. The van der Waals surface area contributed by atoms with Crippen LogP contribution < -0.4 is 10.6 Å². The van der Waals surface area contributed by atoms with Crippen LogP contribution >= 0.6 is 0 Å². The number of anilines is 2. The van der Waals surface area contributed by atoms with Gasteiger partial charge in [-0.1, -0.05) is 26.2 Å². The minimum Gasteiger partial charge on any atom is -0.390 e. The van der Waals surface area contributed by atoms with E-state index in [4.69, 9.17) is 0 Å². The van der Waals surface area contributed by atoms with E-state index in [-0.39, 0.29) is 12.0 Å². The van der Waals surface area contributed by atoms with E-state index in [2.05, 4.69) is 20.6 Å². The number of hydrogen-bond acceptors (Lipinski definition) is 6. The third kappa shape index (κ3) is 4.12. The molecule has 0 amide bonds. The first-order valence-corrected chi connectivity index (χ1v) is 8.82. The lowest BCUT2D eigenvalue weighted by atomic mass is 9.89. The van der Waals surface area contributed by atoms with Crippen molar-refractivity contribution in [3.05, 3.63) is 12.4 Å². The lowest BCUT2D eigenvalue weighted by molar-refractivity contribution is 0.0210. The third-order valence-electron chi connectivity index (χ3n) is 5.27. The Kier molecular flexibility index (Phi) is 5.33. The molecule has 2 saturated carbocycles. The van der Waals surface area contributed by atoms with Gasteiger partial charge in [0.25, 0.3) is 0 Å². The maximum atomic E-state index is 10.1. The summed E-state index contributed by atoms with van der Waals surface area (Å²) in [6.07, 6.45) is 7.49. The first kappa shape index (κ1) is 16.5. The van der Waals surface area contributed by atoms with Crippen molar-refractivity contribution < 1.29 is 10.2 Å². The zero-order valence-electron chi connectivity index (χ0n) is 13.8. The average Bonchev–Trinajstić information content (AvgIpc) is 2.81. The van der Waals surface area contributed by atoms with Crippen molar-refractivity contribution in [3.63, 3.8) is 0 Å². The monoisotopic (exact) mass is 320 g/mol. The molecule has 0 spiro atoms. The van der Waals surface area contributed by atoms with Gasteiger partial charge in [0.15, 0.2) is 0 Å². The molecule has 128 valence electrons. The van der Waals surface area contributed by atoms with Gasteiger partial charge in [0.1, 0.15) is 24.1 Å². The van der Waals surface area contributed by atoms with Crippen LogP contribution in [-0.2, 0) is 0 Å². The van der Waals surface area contributed by atoms with Crippen molar-refractivity contribution in [2.24, 2.45) is 11.8 Å². The lowest BCUT2D eigenvalue weighted by Crippen LogP contribution is -2.35. The zero-order chi connectivity index (χ0) is 16.2. The van der Waals surface area contributed by atoms with Crippen molar-refractivity contribution in [2.45, 2.75) is 63.7 Å². The van der Waals surface area contributed by atoms with Crippen LogP contribution in [0.15, 0.2) is 12.4 Å². The van der Waals surface area contributed by atoms with E-state index in [9.17, 15) is 10.2 Å². The Balaban J connectivity index is 1.55. The summed E-state index contributed by atoms with van der Waals surface area (Å²) in [7, 11) is 0. The molecule has 0 bridgehead atoms. The van der Waals surface area contributed by atoms with Gasteiger partial charge < -0.3 is 20.8 Å². The van der Waals surface area contributed by atoms with Crippen molar-refractivity contribution in [3.8, 4) is 0 Å². The van der Waals surface area contributed by atoms with Crippen LogP contribution in [0, 0.1) is 11.8 Å². The van der Waals surface area contributed by atoms with E-state index >= 15 is 0 Å². The Morgan fingerprint density at radius 1 is 1.09 bits per heavy atom. The summed E-state index contributed by atoms with van der Waals surface area (Å²) in [5.41, 5.74) is 0. The van der Waals surface area contributed by atoms with E-state index in [0.717, 1.165) is 24.7 Å². The molecule has 6 nitrogen and oxygen atoms in total. The summed E-state index contributed by atoms with van der Waals surface area (Å²) >= 11 is 0. The number of nitrogens with zero attached hydrogens (tertiary/aromatic N) is 2. The number of aliphatic hydroxyl groups is 2. The second-order valence-electron chi connectivity index (χ2n) is 7.12.